The van der Waals surface area contributed by atoms with Gasteiger partial charge in [-0.05, 0) is 25.0 Å². The summed E-state index contributed by atoms with van der Waals surface area (Å²) in [5.74, 6) is 0.606. The van der Waals surface area contributed by atoms with Gasteiger partial charge >= 0.3 is 0 Å². The van der Waals surface area contributed by atoms with Gasteiger partial charge in [0.05, 0.1) is 29.7 Å². The first kappa shape index (κ1) is 15.4. The molecule has 0 spiro atoms. The Morgan fingerprint density at radius 1 is 1.35 bits per heavy atom. The van der Waals surface area contributed by atoms with Crippen LogP contribution in [0.4, 0.5) is 0 Å². The molecule has 1 N–H and O–H groups in total. The topological polar surface area (TPSA) is 49.8 Å². The van der Waals surface area contributed by atoms with Gasteiger partial charge in [-0.3, -0.25) is 4.79 Å². The van der Waals surface area contributed by atoms with Crippen molar-refractivity contribution in [3.05, 3.63) is 28.2 Å². The lowest BCUT2D eigenvalue weighted by molar-refractivity contribution is -0.132. The number of benzene rings is 1. The molecule has 0 bridgehead atoms. The second-order valence-electron chi connectivity index (χ2n) is 4.72. The Morgan fingerprint density at radius 3 is 2.70 bits per heavy atom. The number of hydrogen-bond acceptors (Lipinski definition) is 3. The van der Waals surface area contributed by atoms with Gasteiger partial charge in [0.1, 0.15) is 5.75 Å². The van der Waals surface area contributed by atoms with Gasteiger partial charge < -0.3 is 14.7 Å². The number of ether oxygens (including phenoxy) is 1. The molecule has 0 aliphatic heterocycles. The molecule has 6 heteroatoms. The summed E-state index contributed by atoms with van der Waals surface area (Å²) in [6.45, 7) is 0.678. The number of hydrogen-bond donors (Lipinski definition) is 1. The first-order valence-corrected chi connectivity index (χ1v) is 7.35. The van der Waals surface area contributed by atoms with Crippen LogP contribution in [0.1, 0.15) is 19.3 Å². The minimum absolute atomic E-state index is 0.00408. The van der Waals surface area contributed by atoms with Gasteiger partial charge in [-0.2, -0.15) is 0 Å². The lowest BCUT2D eigenvalue weighted by Crippen LogP contribution is -2.36. The number of carbonyl (C=O) groups is 1. The second kappa shape index (κ2) is 7.16. The Labute approximate surface area is 128 Å². The third kappa shape index (κ3) is 4.27. The van der Waals surface area contributed by atoms with Gasteiger partial charge in [0, 0.05) is 18.7 Å². The average molecular weight is 318 g/mol. The standard InChI is InChI=1S/C14H17Cl2NO3/c15-12-4-3-11(9-13(12)16)20-8-5-14(19)17(6-7-18)10-1-2-10/h3-4,9-10,18H,1-2,5-8H2. The molecule has 1 saturated carbocycles. The minimum atomic E-state index is -0.00408. The first-order chi connectivity index (χ1) is 9.61. The molecule has 110 valence electrons. The number of nitrogens with zero attached hydrogens (tertiary/aromatic N) is 1. The molecule has 1 aromatic rings. The average Bonchev–Trinajstić information content (AvgIpc) is 3.24. The highest BCUT2D eigenvalue weighted by Gasteiger charge is 2.31. The normalized spacial score (nSPS) is 14.2. The summed E-state index contributed by atoms with van der Waals surface area (Å²) < 4.78 is 5.49. The van der Waals surface area contributed by atoms with Gasteiger partial charge in [-0.25, -0.2) is 0 Å². The monoisotopic (exact) mass is 317 g/mol. The summed E-state index contributed by atoms with van der Waals surface area (Å²) in [6.07, 6.45) is 2.34. The maximum Gasteiger partial charge on any atom is 0.226 e. The Morgan fingerprint density at radius 2 is 2.10 bits per heavy atom. The van der Waals surface area contributed by atoms with Gasteiger partial charge in [-0.1, -0.05) is 23.2 Å². The van der Waals surface area contributed by atoms with Crippen LogP contribution in [0.2, 0.25) is 10.0 Å². The van der Waals surface area contributed by atoms with Crippen molar-refractivity contribution in [2.24, 2.45) is 0 Å². The van der Waals surface area contributed by atoms with Crippen molar-refractivity contribution in [3.8, 4) is 5.75 Å². The molecule has 20 heavy (non-hydrogen) atoms. The summed E-state index contributed by atoms with van der Waals surface area (Å²) >= 11 is 11.7. The van der Waals surface area contributed by atoms with E-state index in [0.29, 0.717) is 28.4 Å². The van der Waals surface area contributed by atoms with E-state index in [1.54, 1.807) is 23.1 Å². The summed E-state index contributed by atoms with van der Waals surface area (Å²) in [5, 5.41) is 9.87. The number of aliphatic hydroxyl groups is 1. The fraction of sp³-hybridized carbons (Fsp3) is 0.500. The molecule has 0 atom stereocenters. The zero-order chi connectivity index (χ0) is 14.5. The fourth-order valence-electron chi connectivity index (χ4n) is 1.97. The Bertz CT molecular complexity index is 477. The largest absolute Gasteiger partial charge is 0.493 e. The highest BCUT2D eigenvalue weighted by Crippen LogP contribution is 2.28. The number of halogens is 2. The van der Waals surface area contributed by atoms with Crippen LogP contribution in [0.15, 0.2) is 18.2 Å². The summed E-state index contributed by atoms with van der Waals surface area (Å²) in [7, 11) is 0. The van der Waals surface area contributed by atoms with E-state index in [4.69, 9.17) is 33.0 Å². The number of aliphatic hydroxyl groups excluding tert-OH is 1. The van der Waals surface area contributed by atoms with E-state index < -0.39 is 0 Å². The molecule has 0 aromatic heterocycles. The third-order valence-corrected chi connectivity index (χ3v) is 3.86. The molecule has 0 saturated heterocycles. The van der Waals surface area contributed by atoms with Gasteiger partial charge in [0.15, 0.2) is 0 Å². The SMILES string of the molecule is O=C(CCOc1ccc(Cl)c(Cl)c1)N(CCO)C1CC1. The number of amides is 1. The van der Waals surface area contributed by atoms with Crippen molar-refractivity contribution in [1.29, 1.82) is 0 Å². The molecule has 1 aliphatic rings. The van der Waals surface area contributed by atoms with E-state index in [1.807, 2.05) is 0 Å². The van der Waals surface area contributed by atoms with Gasteiger partial charge in [0.25, 0.3) is 0 Å². The molecule has 1 amide bonds. The van der Waals surface area contributed by atoms with Crippen LogP contribution >= 0.6 is 23.2 Å². The van der Waals surface area contributed by atoms with E-state index in [1.165, 1.54) is 0 Å². The second-order valence-corrected chi connectivity index (χ2v) is 5.53. The first-order valence-electron chi connectivity index (χ1n) is 6.60. The fourth-order valence-corrected chi connectivity index (χ4v) is 2.26. The van der Waals surface area contributed by atoms with E-state index in [2.05, 4.69) is 0 Å². The molecule has 1 aliphatic carbocycles. The number of rotatable bonds is 7. The molecule has 0 radical (unpaired) electrons. The quantitative estimate of drug-likeness (QED) is 0.841. The summed E-state index contributed by atoms with van der Waals surface area (Å²) in [5.41, 5.74) is 0. The molecule has 0 heterocycles. The number of carbonyl (C=O) groups excluding carboxylic acids is 1. The highest BCUT2D eigenvalue weighted by atomic mass is 35.5. The van der Waals surface area contributed by atoms with Crippen molar-refractivity contribution >= 4 is 29.1 Å². The lowest BCUT2D eigenvalue weighted by atomic mass is 10.3. The van der Waals surface area contributed by atoms with Crippen LogP contribution in [-0.4, -0.2) is 41.7 Å². The van der Waals surface area contributed by atoms with Crippen molar-refractivity contribution in [2.45, 2.75) is 25.3 Å². The van der Waals surface area contributed by atoms with Gasteiger partial charge in [-0.15, -0.1) is 0 Å². The summed E-state index contributed by atoms with van der Waals surface area (Å²) in [4.78, 5) is 13.7. The van der Waals surface area contributed by atoms with Crippen LogP contribution < -0.4 is 4.74 Å². The smallest absolute Gasteiger partial charge is 0.226 e. The van der Waals surface area contributed by atoms with Crippen LogP contribution in [0.5, 0.6) is 5.75 Å². The maximum atomic E-state index is 12.0. The van der Waals surface area contributed by atoms with Crippen LogP contribution in [0.3, 0.4) is 0 Å². The van der Waals surface area contributed by atoms with Gasteiger partial charge in [0.2, 0.25) is 5.91 Å². The molecule has 1 aromatic carbocycles. The van der Waals surface area contributed by atoms with Crippen LogP contribution in [0, 0.1) is 0 Å². The van der Waals surface area contributed by atoms with Crippen LogP contribution in [0.25, 0.3) is 0 Å². The Kier molecular flexibility index (Phi) is 5.52. The van der Waals surface area contributed by atoms with E-state index in [-0.39, 0.29) is 25.5 Å². The van der Waals surface area contributed by atoms with E-state index in [9.17, 15) is 4.79 Å². The predicted octanol–water partition coefficient (Wildman–Crippen LogP) is 2.75. The predicted molar refractivity (Wildman–Crippen MR) is 78.4 cm³/mol. The molecule has 2 rings (SSSR count). The summed E-state index contributed by atoms with van der Waals surface area (Å²) in [6, 6.07) is 5.30. The van der Waals surface area contributed by atoms with Crippen molar-refractivity contribution < 1.29 is 14.6 Å². The van der Waals surface area contributed by atoms with Crippen molar-refractivity contribution in [1.82, 2.24) is 4.90 Å². The molecule has 0 unspecified atom stereocenters. The van der Waals surface area contributed by atoms with Crippen molar-refractivity contribution in [2.75, 3.05) is 19.8 Å². The third-order valence-electron chi connectivity index (χ3n) is 3.12. The van der Waals surface area contributed by atoms with E-state index >= 15 is 0 Å². The highest BCUT2D eigenvalue weighted by molar-refractivity contribution is 6.42. The zero-order valence-electron chi connectivity index (χ0n) is 11.0. The minimum Gasteiger partial charge on any atom is -0.493 e. The van der Waals surface area contributed by atoms with Crippen LogP contribution in [-0.2, 0) is 4.79 Å². The lowest BCUT2D eigenvalue weighted by Gasteiger charge is -2.21. The molecule has 4 nitrogen and oxygen atoms in total. The Balaban J connectivity index is 1.79. The van der Waals surface area contributed by atoms with E-state index in [0.717, 1.165) is 12.8 Å². The Hall–Kier alpha value is -0.970. The molecule has 1 fully saturated rings. The zero-order valence-corrected chi connectivity index (χ0v) is 12.5. The molecular formula is C14H17Cl2NO3. The maximum absolute atomic E-state index is 12.0. The van der Waals surface area contributed by atoms with Crippen molar-refractivity contribution in [3.63, 3.8) is 0 Å². The molecular weight excluding hydrogens is 301 g/mol.